The molecule has 6 nitrogen and oxygen atoms in total. The van der Waals surface area contributed by atoms with Gasteiger partial charge in [0, 0.05) is 11.9 Å². The van der Waals surface area contributed by atoms with Crippen molar-refractivity contribution in [3.05, 3.63) is 60.3 Å². The minimum absolute atomic E-state index is 0.0292. The standard InChI is InChI=1S/C26H31F3N4O2/c1-3-5-9-17-35-23-11-8-7-10-22(23)32-24-21(26(27,28)29)18-30-25(33-24)31-19-12-14-20(15-13-19)34-16-6-4-2/h7-8,10-15,18H,3-6,9,16-17H2,1-2H3,(H2,30,31,32,33). The SMILES string of the molecule is CCCCCOc1ccccc1Nc1nc(Nc2ccc(OCCCC)cc2)ncc1C(F)(F)F. The van der Waals surface area contributed by atoms with Gasteiger partial charge in [-0.25, -0.2) is 4.98 Å². The zero-order valence-electron chi connectivity index (χ0n) is 20.0. The fourth-order valence-electron chi connectivity index (χ4n) is 3.20. The summed E-state index contributed by atoms with van der Waals surface area (Å²) >= 11 is 0. The quantitative estimate of drug-likeness (QED) is 0.240. The van der Waals surface area contributed by atoms with Gasteiger partial charge >= 0.3 is 6.18 Å². The van der Waals surface area contributed by atoms with Crippen LogP contribution in [-0.2, 0) is 6.18 Å². The van der Waals surface area contributed by atoms with Crippen molar-refractivity contribution < 1.29 is 22.6 Å². The van der Waals surface area contributed by atoms with Crippen LogP contribution in [0.15, 0.2) is 54.7 Å². The number of rotatable bonds is 13. The summed E-state index contributed by atoms with van der Waals surface area (Å²) in [5, 5.41) is 5.75. The van der Waals surface area contributed by atoms with Crippen LogP contribution in [0.2, 0.25) is 0 Å². The zero-order valence-corrected chi connectivity index (χ0v) is 20.0. The molecule has 2 aromatic carbocycles. The summed E-state index contributed by atoms with van der Waals surface area (Å²) in [4.78, 5) is 8.00. The second-order valence-corrected chi connectivity index (χ2v) is 7.98. The summed E-state index contributed by atoms with van der Waals surface area (Å²) in [7, 11) is 0. The minimum atomic E-state index is -4.63. The van der Waals surface area contributed by atoms with Gasteiger partial charge in [-0.1, -0.05) is 45.2 Å². The molecule has 188 valence electrons. The lowest BCUT2D eigenvalue weighted by molar-refractivity contribution is -0.137. The average molecular weight is 489 g/mol. The highest BCUT2D eigenvalue weighted by atomic mass is 19.4. The first-order valence-electron chi connectivity index (χ1n) is 11.8. The molecular weight excluding hydrogens is 457 g/mol. The Hall–Kier alpha value is -3.49. The minimum Gasteiger partial charge on any atom is -0.494 e. The van der Waals surface area contributed by atoms with Crippen LogP contribution in [0.4, 0.5) is 36.3 Å². The van der Waals surface area contributed by atoms with E-state index in [0.29, 0.717) is 30.3 Å². The summed E-state index contributed by atoms with van der Waals surface area (Å²) in [6, 6.07) is 13.9. The van der Waals surface area contributed by atoms with E-state index in [4.69, 9.17) is 9.47 Å². The van der Waals surface area contributed by atoms with E-state index in [1.54, 1.807) is 48.5 Å². The monoisotopic (exact) mass is 488 g/mol. The first-order valence-corrected chi connectivity index (χ1v) is 11.8. The van der Waals surface area contributed by atoms with Crippen molar-refractivity contribution in [2.45, 2.75) is 52.1 Å². The number of nitrogens with one attached hydrogen (secondary N) is 2. The van der Waals surface area contributed by atoms with Crippen LogP contribution in [0.3, 0.4) is 0 Å². The molecule has 35 heavy (non-hydrogen) atoms. The van der Waals surface area contributed by atoms with E-state index in [2.05, 4.69) is 34.4 Å². The number of anilines is 4. The molecule has 0 unspecified atom stereocenters. The van der Waals surface area contributed by atoms with Gasteiger partial charge < -0.3 is 20.1 Å². The molecule has 0 atom stereocenters. The second-order valence-electron chi connectivity index (χ2n) is 7.98. The lowest BCUT2D eigenvalue weighted by Gasteiger charge is -2.17. The molecule has 0 spiro atoms. The van der Waals surface area contributed by atoms with Gasteiger partial charge in [-0.05, 0) is 49.2 Å². The molecule has 3 aromatic rings. The van der Waals surface area contributed by atoms with Crippen LogP contribution < -0.4 is 20.1 Å². The largest absolute Gasteiger partial charge is 0.494 e. The van der Waals surface area contributed by atoms with Crippen LogP contribution in [-0.4, -0.2) is 23.2 Å². The van der Waals surface area contributed by atoms with Crippen LogP contribution in [0.25, 0.3) is 0 Å². The number of hydrogen-bond donors (Lipinski definition) is 2. The van der Waals surface area contributed by atoms with E-state index in [0.717, 1.165) is 44.1 Å². The van der Waals surface area contributed by atoms with E-state index in [1.165, 1.54) is 0 Å². The maximum absolute atomic E-state index is 13.7. The fraction of sp³-hybridized carbons (Fsp3) is 0.385. The van der Waals surface area contributed by atoms with Crippen molar-refractivity contribution in [2.75, 3.05) is 23.8 Å². The molecule has 0 aliphatic carbocycles. The topological polar surface area (TPSA) is 68.3 Å². The third-order valence-electron chi connectivity index (χ3n) is 5.12. The van der Waals surface area contributed by atoms with Gasteiger partial charge in [0.2, 0.25) is 5.95 Å². The van der Waals surface area contributed by atoms with Crippen molar-refractivity contribution in [1.29, 1.82) is 0 Å². The Morgan fingerprint density at radius 1 is 0.829 bits per heavy atom. The Kier molecular flexibility index (Phi) is 9.57. The third kappa shape index (κ3) is 8.05. The first-order chi connectivity index (χ1) is 16.9. The van der Waals surface area contributed by atoms with Crippen molar-refractivity contribution in [3.63, 3.8) is 0 Å². The molecule has 3 rings (SSSR count). The maximum atomic E-state index is 13.7. The highest BCUT2D eigenvalue weighted by molar-refractivity contribution is 5.67. The highest BCUT2D eigenvalue weighted by Crippen LogP contribution is 2.37. The van der Waals surface area contributed by atoms with Crippen LogP contribution >= 0.6 is 0 Å². The molecule has 1 heterocycles. The molecule has 0 fully saturated rings. The Balaban J connectivity index is 1.79. The lowest BCUT2D eigenvalue weighted by atomic mass is 10.2. The van der Waals surface area contributed by atoms with Gasteiger partial charge in [-0.15, -0.1) is 0 Å². The van der Waals surface area contributed by atoms with Crippen LogP contribution in [0.5, 0.6) is 11.5 Å². The highest BCUT2D eigenvalue weighted by Gasteiger charge is 2.35. The van der Waals surface area contributed by atoms with Crippen molar-refractivity contribution in [1.82, 2.24) is 9.97 Å². The third-order valence-corrected chi connectivity index (χ3v) is 5.12. The predicted molar refractivity (Wildman–Crippen MR) is 132 cm³/mol. The van der Waals surface area contributed by atoms with Gasteiger partial charge in [0.05, 0.1) is 18.9 Å². The Morgan fingerprint density at radius 3 is 2.26 bits per heavy atom. The molecule has 0 aliphatic heterocycles. The number of alkyl halides is 3. The molecule has 2 N–H and O–H groups in total. The number of halogens is 3. The van der Waals surface area contributed by atoms with E-state index >= 15 is 0 Å². The van der Waals surface area contributed by atoms with Crippen LogP contribution in [0.1, 0.15) is 51.5 Å². The second kappa shape index (κ2) is 12.8. The number of para-hydroxylation sites is 2. The summed E-state index contributed by atoms with van der Waals surface area (Å²) in [6.07, 6.45) is 1.06. The molecule has 0 saturated carbocycles. The average Bonchev–Trinajstić information content (AvgIpc) is 2.83. The number of benzene rings is 2. The van der Waals surface area contributed by atoms with Crippen molar-refractivity contribution in [2.24, 2.45) is 0 Å². The van der Waals surface area contributed by atoms with Crippen LogP contribution in [0, 0.1) is 0 Å². The van der Waals surface area contributed by atoms with Gasteiger partial charge in [-0.2, -0.15) is 18.2 Å². The van der Waals surface area contributed by atoms with Gasteiger partial charge in [0.1, 0.15) is 22.9 Å². The fourth-order valence-corrected chi connectivity index (χ4v) is 3.20. The summed E-state index contributed by atoms with van der Waals surface area (Å²) < 4.78 is 52.5. The smallest absolute Gasteiger partial charge is 0.421 e. The molecule has 0 radical (unpaired) electrons. The van der Waals surface area contributed by atoms with E-state index in [9.17, 15) is 13.2 Å². The van der Waals surface area contributed by atoms with Gasteiger partial charge in [0.25, 0.3) is 0 Å². The molecule has 0 amide bonds. The summed E-state index contributed by atoms with van der Waals surface area (Å²) in [5.74, 6) is 0.847. The van der Waals surface area contributed by atoms with E-state index < -0.39 is 11.7 Å². The normalized spacial score (nSPS) is 11.2. The number of ether oxygens (including phenoxy) is 2. The number of aromatic nitrogens is 2. The van der Waals surface area contributed by atoms with E-state index in [-0.39, 0.29) is 11.8 Å². The lowest BCUT2D eigenvalue weighted by Crippen LogP contribution is -2.13. The maximum Gasteiger partial charge on any atom is 0.421 e. The zero-order chi connectivity index (χ0) is 25.1. The number of unbranched alkanes of at least 4 members (excludes halogenated alkanes) is 3. The number of nitrogens with zero attached hydrogens (tertiary/aromatic N) is 2. The van der Waals surface area contributed by atoms with E-state index in [1.807, 2.05) is 0 Å². The summed E-state index contributed by atoms with van der Waals surface area (Å²) in [6.45, 7) is 5.28. The molecule has 1 aromatic heterocycles. The molecule has 9 heteroatoms. The Bertz CT molecular complexity index is 1060. The molecule has 0 aliphatic rings. The van der Waals surface area contributed by atoms with Gasteiger partial charge in [-0.3, -0.25) is 0 Å². The van der Waals surface area contributed by atoms with Crippen molar-refractivity contribution in [3.8, 4) is 11.5 Å². The predicted octanol–water partition coefficient (Wildman–Crippen LogP) is 7.73. The molecule has 0 saturated heterocycles. The Morgan fingerprint density at radius 2 is 1.54 bits per heavy atom. The molecule has 0 bridgehead atoms. The number of hydrogen-bond acceptors (Lipinski definition) is 6. The van der Waals surface area contributed by atoms with Gasteiger partial charge in [0.15, 0.2) is 0 Å². The first kappa shape index (κ1) is 26.1. The summed E-state index contributed by atoms with van der Waals surface area (Å²) in [5.41, 5.74) is 0.0504. The molecular formula is C26H31F3N4O2. The Labute approximate surface area is 203 Å². The van der Waals surface area contributed by atoms with Crippen molar-refractivity contribution >= 4 is 23.1 Å².